The Kier molecular flexibility index (Phi) is 4.04. The molecule has 0 fully saturated rings. The zero-order valence-corrected chi connectivity index (χ0v) is 9.90. The third-order valence-corrected chi connectivity index (χ3v) is 2.55. The molecule has 6 heteroatoms. The number of rotatable bonds is 3. The SMILES string of the molecule is CC(=O)c1cc(Br)c(OC(F)F)cc1Cl. The van der Waals surface area contributed by atoms with Gasteiger partial charge in [0.15, 0.2) is 5.78 Å². The van der Waals surface area contributed by atoms with E-state index in [1.165, 1.54) is 19.1 Å². The summed E-state index contributed by atoms with van der Waals surface area (Å²) in [5.74, 6) is -0.343. The average molecular weight is 299 g/mol. The van der Waals surface area contributed by atoms with Crippen molar-refractivity contribution in [2.24, 2.45) is 0 Å². The second-order valence-electron chi connectivity index (χ2n) is 2.70. The quantitative estimate of drug-likeness (QED) is 0.791. The maximum Gasteiger partial charge on any atom is 0.387 e. The number of halogens is 4. The van der Waals surface area contributed by atoms with Gasteiger partial charge in [-0.1, -0.05) is 11.6 Å². The van der Waals surface area contributed by atoms with Gasteiger partial charge in [-0.3, -0.25) is 4.79 Å². The molecular weight excluding hydrogens is 293 g/mol. The Morgan fingerprint density at radius 3 is 2.60 bits per heavy atom. The molecule has 0 aliphatic rings. The van der Waals surface area contributed by atoms with Gasteiger partial charge in [-0.2, -0.15) is 8.78 Å². The average Bonchev–Trinajstić information content (AvgIpc) is 2.09. The summed E-state index contributed by atoms with van der Waals surface area (Å²) in [4.78, 5) is 11.1. The lowest BCUT2D eigenvalue weighted by Gasteiger charge is -2.09. The van der Waals surface area contributed by atoms with Crippen molar-refractivity contribution >= 4 is 33.3 Å². The van der Waals surface area contributed by atoms with Crippen LogP contribution in [0, 0.1) is 0 Å². The summed E-state index contributed by atoms with van der Waals surface area (Å²) < 4.78 is 28.3. The summed E-state index contributed by atoms with van der Waals surface area (Å²) in [6, 6.07) is 2.52. The normalized spacial score (nSPS) is 10.5. The standard InChI is InChI=1S/C9H6BrClF2O2/c1-4(14)5-2-6(10)8(3-7(5)11)15-9(12)13/h2-3,9H,1H3. The van der Waals surface area contributed by atoms with E-state index in [1.807, 2.05) is 0 Å². The maximum absolute atomic E-state index is 11.9. The Morgan fingerprint density at radius 2 is 2.13 bits per heavy atom. The number of benzene rings is 1. The molecule has 1 rings (SSSR count). The number of Topliss-reactive ketones (excluding diaryl/α,β-unsaturated/α-hetero) is 1. The molecule has 0 radical (unpaired) electrons. The molecular formula is C9H6BrClF2O2. The highest BCUT2D eigenvalue weighted by atomic mass is 79.9. The zero-order chi connectivity index (χ0) is 11.6. The fourth-order valence-electron chi connectivity index (χ4n) is 0.985. The van der Waals surface area contributed by atoms with Crippen LogP contribution in [0.2, 0.25) is 5.02 Å². The smallest absolute Gasteiger partial charge is 0.387 e. The van der Waals surface area contributed by atoms with Gasteiger partial charge in [0, 0.05) is 11.6 Å². The highest BCUT2D eigenvalue weighted by Gasteiger charge is 2.13. The van der Waals surface area contributed by atoms with Crippen molar-refractivity contribution in [1.82, 2.24) is 0 Å². The van der Waals surface area contributed by atoms with Crippen LogP contribution in [0.15, 0.2) is 16.6 Å². The van der Waals surface area contributed by atoms with Gasteiger partial charge in [0.1, 0.15) is 5.75 Å². The highest BCUT2D eigenvalue weighted by Crippen LogP contribution is 2.32. The Labute approximate surface area is 98.3 Å². The zero-order valence-electron chi connectivity index (χ0n) is 7.56. The molecule has 1 aromatic carbocycles. The Hall–Kier alpha value is -0.680. The Morgan fingerprint density at radius 1 is 1.53 bits per heavy atom. The molecule has 0 saturated carbocycles. The van der Waals surface area contributed by atoms with Gasteiger partial charge in [-0.15, -0.1) is 0 Å². The van der Waals surface area contributed by atoms with E-state index in [0.29, 0.717) is 0 Å². The molecule has 0 N–H and O–H groups in total. The van der Waals surface area contributed by atoms with Gasteiger partial charge in [0.05, 0.1) is 9.50 Å². The van der Waals surface area contributed by atoms with Crippen molar-refractivity contribution in [3.05, 3.63) is 27.2 Å². The Balaban J connectivity index is 3.13. The molecule has 0 spiro atoms. The van der Waals surface area contributed by atoms with Crippen LogP contribution in [-0.4, -0.2) is 12.4 Å². The van der Waals surface area contributed by atoms with E-state index in [4.69, 9.17) is 11.6 Å². The third kappa shape index (κ3) is 3.14. The van der Waals surface area contributed by atoms with Crippen LogP contribution in [0.25, 0.3) is 0 Å². The summed E-state index contributed by atoms with van der Waals surface area (Å²) in [6.07, 6.45) is 0. The molecule has 0 aromatic heterocycles. The van der Waals surface area contributed by atoms with Crippen molar-refractivity contribution < 1.29 is 18.3 Å². The van der Waals surface area contributed by atoms with E-state index in [9.17, 15) is 13.6 Å². The summed E-state index contributed by atoms with van der Waals surface area (Å²) in [5, 5.41) is 0.0846. The minimum Gasteiger partial charge on any atom is -0.434 e. The summed E-state index contributed by atoms with van der Waals surface area (Å²) in [5.41, 5.74) is 0.255. The van der Waals surface area contributed by atoms with Crippen molar-refractivity contribution in [2.75, 3.05) is 0 Å². The van der Waals surface area contributed by atoms with E-state index in [1.54, 1.807) is 0 Å². The Bertz CT molecular complexity index is 396. The number of carbonyl (C=O) groups is 1. The van der Waals surface area contributed by atoms with E-state index >= 15 is 0 Å². The molecule has 0 amide bonds. The molecule has 0 aliphatic carbocycles. The minimum atomic E-state index is -2.93. The molecule has 0 atom stereocenters. The van der Waals surface area contributed by atoms with Crippen LogP contribution in [0.5, 0.6) is 5.75 Å². The number of ketones is 1. The van der Waals surface area contributed by atoms with E-state index < -0.39 is 6.61 Å². The summed E-state index contributed by atoms with van der Waals surface area (Å²) in [7, 11) is 0. The van der Waals surface area contributed by atoms with Gasteiger partial charge in [0.2, 0.25) is 0 Å². The van der Waals surface area contributed by atoms with E-state index in [0.717, 1.165) is 0 Å². The minimum absolute atomic E-state index is 0.0846. The van der Waals surface area contributed by atoms with Crippen LogP contribution in [0.4, 0.5) is 8.78 Å². The maximum atomic E-state index is 11.9. The first-order valence-corrected chi connectivity index (χ1v) is 5.03. The fourth-order valence-corrected chi connectivity index (χ4v) is 1.71. The van der Waals surface area contributed by atoms with Crippen molar-refractivity contribution in [2.45, 2.75) is 13.5 Å². The van der Waals surface area contributed by atoms with Crippen LogP contribution in [0.1, 0.15) is 17.3 Å². The van der Waals surface area contributed by atoms with Gasteiger partial charge in [-0.05, 0) is 28.9 Å². The highest BCUT2D eigenvalue weighted by molar-refractivity contribution is 9.10. The predicted molar refractivity (Wildman–Crippen MR) is 55.8 cm³/mol. The number of hydrogen-bond acceptors (Lipinski definition) is 2. The number of ether oxygens (including phenoxy) is 1. The molecule has 0 bridgehead atoms. The van der Waals surface area contributed by atoms with Crippen molar-refractivity contribution in [3.8, 4) is 5.75 Å². The molecule has 0 unspecified atom stereocenters. The van der Waals surface area contributed by atoms with Crippen LogP contribution in [0.3, 0.4) is 0 Å². The third-order valence-electron chi connectivity index (χ3n) is 1.62. The first kappa shape index (κ1) is 12.4. The van der Waals surface area contributed by atoms with Crippen molar-refractivity contribution in [1.29, 1.82) is 0 Å². The second-order valence-corrected chi connectivity index (χ2v) is 3.96. The molecule has 0 aliphatic heterocycles. The van der Waals surface area contributed by atoms with Crippen molar-refractivity contribution in [3.63, 3.8) is 0 Å². The summed E-state index contributed by atoms with van der Waals surface area (Å²) >= 11 is 8.72. The van der Waals surface area contributed by atoms with E-state index in [2.05, 4.69) is 20.7 Å². The lowest BCUT2D eigenvalue weighted by atomic mass is 10.1. The lowest BCUT2D eigenvalue weighted by molar-refractivity contribution is -0.0503. The van der Waals surface area contributed by atoms with Gasteiger partial charge in [-0.25, -0.2) is 0 Å². The summed E-state index contributed by atoms with van der Waals surface area (Å²) in [6.45, 7) is -1.60. The number of carbonyl (C=O) groups excluding carboxylic acids is 1. The molecule has 0 heterocycles. The van der Waals surface area contributed by atoms with Gasteiger partial charge < -0.3 is 4.74 Å². The predicted octanol–water partition coefficient (Wildman–Crippen LogP) is 3.91. The van der Waals surface area contributed by atoms with E-state index in [-0.39, 0.29) is 26.6 Å². The van der Waals surface area contributed by atoms with Crippen LogP contribution < -0.4 is 4.74 Å². The van der Waals surface area contributed by atoms with Crippen LogP contribution in [-0.2, 0) is 0 Å². The second kappa shape index (κ2) is 4.90. The van der Waals surface area contributed by atoms with Gasteiger partial charge >= 0.3 is 6.61 Å². The van der Waals surface area contributed by atoms with Crippen LogP contribution >= 0.6 is 27.5 Å². The monoisotopic (exact) mass is 298 g/mol. The first-order valence-electron chi connectivity index (χ1n) is 3.86. The molecule has 82 valence electrons. The fraction of sp³-hybridized carbons (Fsp3) is 0.222. The first-order chi connectivity index (χ1) is 6.91. The number of alkyl halides is 2. The molecule has 0 saturated heterocycles. The molecule has 2 nitrogen and oxygen atoms in total. The largest absolute Gasteiger partial charge is 0.434 e. The molecule has 1 aromatic rings. The molecule has 15 heavy (non-hydrogen) atoms. The van der Waals surface area contributed by atoms with Gasteiger partial charge in [0.25, 0.3) is 0 Å². The topological polar surface area (TPSA) is 26.3 Å². The lowest BCUT2D eigenvalue weighted by Crippen LogP contribution is -2.03. The number of hydrogen-bond donors (Lipinski definition) is 0.